The lowest BCUT2D eigenvalue weighted by Gasteiger charge is -2.35. The molecule has 1 aliphatic carbocycles. The average Bonchev–Trinajstić information content (AvgIpc) is 3.38. The van der Waals surface area contributed by atoms with Gasteiger partial charge in [-0.15, -0.1) is 11.6 Å². The number of amides is 2. The van der Waals surface area contributed by atoms with Gasteiger partial charge in [0.2, 0.25) is 5.91 Å². The lowest BCUT2D eigenvalue weighted by molar-refractivity contribution is -0.134. The average molecular weight is 307 g/mol. The van der Waals surface area contributed by atoms with E-state index in [1.807, 2.05) is 34.1 Å². The number of carbonyl (C=O) groups excluding carboxylic acids is 2. The van der Waals surface area contributed by atoms with Crippen LogP contribution in [0.4, 0.5) is 0 Å². The molecule has 0 N–H and O–H groups in total. The van der Waals surface area contributed by atoms with Crippen LogP contribution in [0.25, 0.3) is 0 Å². The second kappa shape index (κ2) is 6.06. The zero-order valence-corrected chi connectivity index (χ0v) is 12.7. The van der Waals surface area contributed by atoms with Gasteiger partial charge in [0.25, 0.3) is 5.91 Å². The van der Waals surface area contributed by atoms with Gasteiger partial charge in [-0.3, -0.25) is 9.59 Å². The Hall–Kier alpha value is -1.55. The Kier molecular flexibility index (Phi) is 4.15. The Morgan fingerprint density at radius 2 is 1.76 bits per heavy atom. The molecule has 0 spiro atoms. The van der Waals surface area contributed by atoms with Crippen molar-refractivity contribution < 1.29 is 9.59 Å². The maximum atomic E-state index is 12.5. The first-order valence-electron chi connectivity index (χ1n) is 7.42. The van der Waals surface area contributed by atoms with E-state index in [4.69, 9.17) is 11.6 Å². The fraction of sp³-hybridized carbons (Fsp3) is 0.500. The Labute approximate surface area is 129 Å². The summed E-state index contributed by atoms with van der Waals surface area (Å²) in [7, 11) is 0. The van der Waals surface area contributed by atoms with E-state index in [2.05, 4.69) is 0 Å². The van der Waals surface area contributed by atoms with E-state index < -0.39 is 0 Å². The van der Waals surface area contributed by atoms with Gasteiger partial charge in [0.15, 0.2) is 0 Å². The topological polar surface area (TPSA) is 40.6 Å². The van der Waals surface area contributed by atoms with Gasteiger partial charge in [0, 0.05) is 43.5 Å². The Balaban J connectivity index is 1.60. The highest BCUT2D eigenvalue weighted by Crippen LogP contribution is 2.31. The zero-order valence-electron chi connectivity index (χ0n) is 11.9. The number of hydrogen-bond donors (Lipinski definition) is 0. The van der Waals surface area contributed by atoms with Crippen molar-refractivity contribution in [2.24, 2.45) is 5.92 Å². The van der Waals surface area contributed by atoms with Gasteiger partial charge < -0.3 is 9.80 Å². The summed E-state index contributed by atoms with van der Waals surface area (Å²) >= 11 is 5.81. The highest BCUT2D eigenvalue weighted by Gasteiger charge is 2.35. The minimum atomic E-state index is 0.0282. The molecule has 1 saturated carbocycles. The summed E-state index contributed by atoms with van der Waals surface area (Å²) in [6.07, 6.45) is 2.06. The van der Waals surface area contributed by atoms with Crippen molar-refractivity contribution >= 4 is 23.4 Å². The van der Waals surface area contributed by atoms with Crippen molar-refractivity contribution in [3.8, 4) is 0 Å². The van der Waals surface area contributed by atoms with Crippen molar-refractivity contribution in [2.75, 3.05) is 26.2 Å². The third-order valence-electron chi connectivity index (χ3n) is 4.13. The number of benzene rings is 1. The molecule has 0 aromatic heterocycles. The predicted octanol–water partition coefficient (Wildman–Crippen LogP) is 2.12. The van der Waals surface area contributed by atoms with E-state index in [0.29, 0.717) is 37.6 Å². The maximum absolute atomic E-state index is 12.5. The molecule has 0 radical (unpaired) electrons. The van der Waals surface area contributed by atoms with Crippen molar-refractivity contribution in [3.05, 3.63) is 35.4 Å². The van der Waals surface area contributed by atoms with Crippen LogP contribution in [-0.4, -0.2) is 47.8 Å². The Bertz CT molecular complexity index is 549. The van der Waals surface area contributed by atoms with Gasteiger partial charge in [-0.25, -0.2) is 0 Å². The smallest absolute Gasteiger partial charge is 0.253 e. The number of rotatable bonds is 3. The number of hydrogen-bond acceptors (Lipinski definition) is 2. The van der Waals surface area contributed by atoms with E-state index in [-0.39, 0.29) is 17.7 Å². The number of carbonyl (C=O) groups is 2. The molecule has 0 bridgehead atoms. The van der Waals surface area contributed by atoms with Crippen molar-refractivity contribution in [1.82, 2.24) is 9.80 Å². The molecule has 1 saturated heterocycles. The molecule has 4 nitrogen and oxygen atoms in total. The molecular formula is C16H19ClN2O2. The minimum absolute atomic E-state index is 0.0282. The summed E-state index contributed by atoms with van der Waals surface area (Å²) in [6, 6.07) is 7.44. The third kappa shape index (κ3) is 3.21. The zero-order chi connectivity index (χ0) is 14.8. The van der Waals surface area contributed by atoms with Gasteiger partial charge in [-0.2, -0.15) is 0 Å². The van der Waals surface area contributed by atoms with Gasteiger partial charge in [-0.05, 0) is 30.5 Å². The largest absolute Gasteiger partial charge is 0.339 e. The van der Waals surface area contributed by atoms with E-state index >= 15 is 0 Å². The molecule has 0 unspecified atom stereocenters. The molecule has 2 fully saturated rings. The fourth-order valence-corrected chi connectivity index (χ4v) is 2.85. The van der Waals surface area contributed by atoms with E-state index in [1.165, 1.54) is 0 Å². The maximum Gasteiger partial charge on any atom is 0.253 e. The summed E-state index contributed by atoms with van der Waals surface area (Å²) in [6.45, 7) is 2.53. The third-order valence-corrected chi connectivity index (χ3v) is 4.44. The summed E-state index contributed by atoms with van der Waals surface area (Å²) in [5, 5.41) is 0. The first-order chi connectivity index (χ1) is 10.2. The van der Waals surface area contributed by atoms with Crippen LogP contribution in [-0.2, 0) is 10.7 Å². The highest BCUT2D eigenvalue weighted by molar-refractivity contribution is 6.17. The molecule has 3 rings (SSSR count). The van der Waals surface area contributed by atoms with Crippen LogP contribution in [0.2, 0.25) is 0 Å². The van der Waals surface area contributed by atoms with E-state index in [1.54, 1.807) is 0 Å². The molecule has 1 heterocycles. The lowest BCUT2D eigenvalue weighted by atomic mass is 10.1. The van der Waals surface area contributed by atoms with Crippen molar-refractivity contribution in [3.63, 3.8) is 0 Å². The normalized spacial score (nSPS) is 18.7. The van der Waals surface area contributed by atoms with Crippen LogP contribution >= 0.6 is 11.6 Å². The molecule has 2 amide bonds. The summed E-state index contributed by atoms with van der Waals surface area (Å²) in [5.41, 5.74) is 1.63. The molecular weight excluding hydrogens is 288 g/mol. The SMILES string of the molecule is O=C(c1cccc(CCl)c1)N1CCN(C(=O)C2CC2)CC1. The first kappa shape index (κ1) is 14.4. The summed E-state index contributed by atoms with van der Waals surface area (Å²) in [4.78, 5) is 28.2. The van der Waals surface area contributed by atoms with Crippen LogP contribution in [0.1, 0.15) is 28.8 Å². The standard InChI is InChI=1S/C16H19ClN2O2/c17-11-12-2-1-3-14(10-12)16(21)19-8-6-18(7-9-19)15(20)13-4-5-13/h1-3,10,13H,4-9,11H2. The molecule has 2 aliphatic rings. The van der Waals surface area contributed by atoms with Crippen molar-refractivity contribution in [2.45, 2.75) is 18.7 Å². The Morgan fingerprint density at radius 3 is 2.38 bits per heavy atom. The molecule has 1 aliphatic heterocycles. The van der Waals surface area contributed by atoms with Crippen LogP contribution in [0.5, 0.6) is 0 Å². The monoisotopic (exact) mass is 306 g/mol. The number of halogens is 1. The molecule has 1 aromatic rings. The predicted molar refractivity (Wildman–Crippen MR) is 81.2 cm³/mol. The van der Waals surface area contributed by atoms with Crippen LogP contribution in [0.3, 0.4) is 0 Å². The molecule has 21 heavy (non-hydrogen) atoms. The summed E-state index contributed by atoms with van der Waals surface area (Å²) in [5.74, 6) is 0.963. The van der Waals surface area contributed by atoms with Gasteiger partial charge in [0.1, 0.15) is 0 Å². The highest BCUT2D eigenvalue weighted by atomic mass is 35.5. The van der Waals surface area contributed by atoms with Gasteiger partial charge in [0.05, 0.1) is 0 Å². The number of nitrogens with zero attached hydrogens (tertiary/aromatic N) is 2. The molecule has 112 valence electrons. The Morgan fingerprint density at radius 1 is 1.10 bits per heavy atom. The van der Waals surface area contributed by atoms with Crippen LogP contribution in [0.15, 0.2) is 24.3 Å². The lowest BCUT2D eigenvalue weighted by Crippen LogP contribution is -2.51. The van der Waals surface area contributed by atoms with Crippen LogP contribution in [0, 0.1) is 5.92 Å². The van der Waals surface area contributed by atoms with Crippen LogP contribution < -0.4 is 0 Å². The fourth-order valence-electron chi connectivity index (χ4n) is 2.69. The van der Waals surface area contributed by atoms with Gasteiger partial charge in [-0.1, -0.05) is 12.1 Å². The second-order valence-corrected chi connectivity index (χ2v) is 5.99. The van der Waals surface area contributed by atoms with E-state index in [9.17, 15) is 9.59 Å². The summed E-state index contributed by atoms with van der Waals surface area (Å²) < 4.78 is 0. The number of alkyl halides is 1. The first-order valence-corrected chi connectivity index (χ1v) is 7.95. The van der Waals surface area contributed by atoms with Gasteiger partial charge >= 0.3 is 0 Å². The minimum Gasteiger partial charge on any atom is -0.339 e. The molecule has 5 heteroatoms. The number of piperazine rings is 1. The van der Waals surface area contributed by atoms with Crippen molar-refractivity contribution in [1.29, 1.82) is 0 Å². The second-order valence-electron chi connectivity index (χ2n) is 5.73. The van der Waals surface area contributed by atoms with E-state index in [0.717, 1.165) is 18.4 Å². The molecule has 0 atom stereocenters. The molecule has 1 aromatic carbocycles. The quantitative estimate of drug-likeness (QED) is 0.803.